The number of para-hydroxylation sites is 1. The molecule has 380 valence electrons. The summed E-state index contributed by atoms with van der Waals surface area (Å²) in [6.45, 7) is 14.8. The SMILES string of the molecule is CC1(C)c2ccccc2-c2ccc(N3c4cc(N5c6ccccc6C6(C)CCCCC56C)cc5c4B4c6c3cccc6C(c3ccccc3)(c3ccccc3)c3cccc(c34)N5c3ccc4c(c3)C(C)(C)c3ccccc3-4)cc21. The number of hydrogen-bond acceptors (Lipinski definition) is 3. The highest BCUT2D eigenvalue weighted by molar-refractivity contribution is 7.01. The van der Waals surface area contributed by atoms with Gasteiger partial charge in [0.25, 0.3) is 6.71 Å². The zero-order valence-corrected chi connectivity index (χ0v) is 46.0. The van der Waals surface area contributed by atoms with Crippen molar-refractivity contribution in [2.45, 2.75) is 94.4 Å². The van der Waals surface area contributed by atoms with Crippen molar-refractivity contribution in [3.63, 3.8) is 0 Å². The summed E-state index contributed by atoms with van der Waals surface area (Å²) in [5.41, 5.74) is 30.6. The zero-order valence-electron chi connectivity index (χ0n) is 46.0. The molecule has 0 saturated heterocycles. The Morgan fingerprint density at radius 3 is 1.29 bits per heavy atom. The van der Waals surface area contributed by atoms with E-state index in [1.165, 1.54) is 153 Å². The molecule has 4 aliphatic heterocycles. The molecule has 1 saturated carbocycles. The van der Waals surface area contributed by atoms with Gasteiger partial charge in [-0.2, -0.15) is 0 Å². The molecule has 10 aromatic rings. The Kier molecular flexibility index (Phi) is 8.95. The van der Waals surface area contributed by atoms with Crippen LogP contribution in [-0.2, 0) is 21.7 Å². The summed E-state index contributed by atoms with van der Waals surface area (Å²) in [6, 6.07) is 85.1. The molecular formula is C75H62BN3. The van der Waals surface area contributed by atoms with Crippen molar-refractivity contribution in [3.8, 4) is 22.3 Å². The van der Waals surface area contributed by atoms with E-state index in [-0.39, 0.29) is 28.5 Å². The summed E-state index contributed by atoms with van der Waals surface area (Å²) in [4.78, 5) is 8.23. The van der Waals surface area contributed by atoms with Gasteiger partial charge in [0.1, 0.15) is 0 Å². The number of benzene rings is 10. The average molecular weight is 1020 g/mol. The van der Waals surface area contributed by atoms with Crippen LogP contribution >= 0.6 is 0 Å². The quantitative estimate of drug-likeness (QED) is 0.159. The Labute approximate surface area is 465 Å². The number of hydrogen-bond donors (Lipinski definition) is 0. The van der Waals surface area contributed by atoms with E-state index in [9.17, 15) is 0 Å². The molecule has 10 aromatic carbocycles. The summed E-state index contributed by atoms with van der Waals surface area (Å²) >= 11 is 0. The lowest BCUT2D eigenvalue weighted by molar-refractivity contribution is 0.195. The van der Waals surface area contributed by atoms with Crippen LogP contribution in [0.2, 0.25) is 0 Å². The van der Waals surface area contributed by atoms with E-state index in [0.717, 1.165) is 6.42 Å². The fourth-order valence-corrected chi connectivity index (χ4v) is 17.5. The van der Waals surface area contributed by atoms with Gasteiger partial charge in [0.05, 0.1) is 11.0 Å². The highest BCUT2D eigenvalue weighted by Gasteiger charge is 2.59. The summed E-state index contributed by atoms with van der Waals surface area (Å²) in [5, 5.41) is 0. The monoisotopic (exact) mass is 1020 g/mol. The molecule has 2 unspecified atom stereocenters. The van der Waals surface area contributed by atoms with Crippen LogP contribution in [0, 0.1) is 0 Å². The Balaban J connectivity index is 1.02. The first-order valence-corrected chi connectivity index (χ1v) is 29.0. The molecule has 0 amide bonds. The predicted octanol–water partition coefficient (Wildman–Crippen LogP) is 16.8. The molecule has 0 radical (unpaired) electrons. The Morgan fingerprint density at radius 1 is 0.329 bits per heavy atom. The van der Waals surface area contributed by atoms with Crippen LogP contribution in [0.1, 0.15) is 117 Å². The van der Waals surface area contributed by atoms with Crippen molar-refractivity contribution < 1.29 is 0 Å². The molecule has 0 N–H and O–H groups in total. The third-order valence-electron chi connectivity index (χ3n) is 21.3. The molecule has 17 rings (SSSR count). The molecule has 4 heterocycles. The Morgan fingerprint density at radius 2 is 0.759 bits per heavy atom. The Hall–Kier alpha value is -8.34. The number of nitrogens with zero attached hydrogens (tertiary/aromatic N) is 3. The zero-order chi connectivity index (χ0) is 53.0. The lowest BCUT2D eigenvalue weighted by Gasteiger charge is -2.53. The smallest absolute Gasteiger partial charge is 0.253 e. The van der Waals surface area contributed by atoms with E-state index in [1.54, 1.807) is 0 Å². The second-order valence-corrected chi connectivity index (χ2v) is 25.4. The van der Waals surface area contributed by atoms with E-state index in [4.69, 9.17) is 0 Å². The molecule has 0 bridgehead atoms. The fraction of sp³-hybridized carbons (Fsp3) is 0.200. The molecule has 0 spiro atoms. The standard InChI is InChI=1S/C75H62BN3/c1-71(2)56-29-15-13-27-52(56)54-39-37-49(43-61(54)71)77-64-35-21-32-59-68(64)76-69-60(75(59,47-23-9-7-10-24-47)48-25-11-8-12-26-48)33-22-36-65(69)78(50-38-40-55-53-28-14-16-30-57(53)72(3,4)62(55)44-50)67-46-51(45-66(77)70(67)76)79-63-34-18-17-31-58(63)73(5)41-19-20-42-74(73,79)6/h7-18,21-40,43-46H,19-20,41-42H2,1-6H3. The maximum absolute atomic E-state index is 2.81. The van der Waals surface area contributed by atoms with Crippen molar-refractivity contribution >= 4 is 68.6 Å². The minimum atomic E-state index is -0.634. The molecule has 7 aliphatic rings. The second kappa shape index (κ2) is 15.5. The molecule has 4 heteroatoms. The minimum absolute atomic E-state index is 0.0138. The van der Waals surface area contributed by atoms with Crippen molar-refractivity contribution in [2.75, 3.05) is 14.7 Å². The summed E-state index contributed by atoms with van der Waals surface area (Å²) in [5.74, 6) is 0. The minimum Gasteiger partial charge on any atom is -0.334 e. The van der Waals surface area contributed by atoms with Gasteiger partial charge in [-0.15, -0.1) is 0 Å². The third kappa shape index (κ3) is 5.51. The predicted molar refractivity (Wildman–Crippen MR) is 330 cm³/mol. The van der Waals surface area contributed by atoms with Gasteiger partial charge >= 0.3 is 0 Å². The van der Waals surface area contributed by atoms with Crippen LogP contribution in [0.4, 0.5) is 45.5 Å². The summed E-state index contributed by atoms with van der Waals surface area (Å²) < 4.78 is 0. The van der Waals surface area contributed by atoms with Gasteiger partial charge < -0.3 is 14.7 Å². The summed E-state index contributed by atoms with van der Waals surface area (Å²) in [6.07, 6.45) is 4.76. The highest BCUT2D eigenvalue weighted by atomic mass is 15.3. The van der Waals surface area contributed by atoms with Crippen molar-refractivity contribution in [1.82, 2.24) is 0 Å². The lowest BCUT2D eigenvalue weighted by atomic mass is 9.28. The highest BCUT2D eigenvalue weighted by Crippen LogP contribution is 2.63. The van der Waals surface area contributed by atoms with Crippen molar-refractivity contribution in [2.24, 2.45) is 0 Å². The first-order chi connectivity index (χ1) is 38.5. The molecule has 2 atom stereocenters. The molecule has 0 aromatic heterocycles. The summed E-state index contributed by atoms with van der Waals surface area (Å²) in [7, 11) is 0. The van der Waals surface area contributed by atoms with Crippen LogP contribution in [0.3, 0.4) is 0 Å². The van der Waals surface area contributed by atoms with Gasteiger partial charge in [-0.05, 0) is 163 Å². The first kappa shape index (κ1) is 45.7. The van der Waals surface area contributed by atoms with E-state index in [2.05, 4.69) is 275 Å². The largest absolute Gasteiger partial charge is 0.334 e. The molecule has 3 nitrogen and oxygen atoms in total. The van der Waals surface area contributed by atoms with Crippen molar-refractivity contribution in [1.29, 1.82) is 0 Å². The molecule has 1 fully saturated rings. The third-order valence-corrected chi connectivity index (χ3v) is 21.3. The van der Waals surface area contributed by atoms with Gasteiger partial charge in [0.2, 0.25) is 0 Å². The second-order valence-electron chi connectivity index (χ2n) is 25.4. The van der Waals surface area contributed by atoms with Gasteiger partial charge in [-0.25, -0.2) is 0 Å². The first-order valence-electron chi connectivity index (χ1n) is 29.0. The number of anilines is 8. The maximum Gasteiger partial charge on any atom is 0.253 e. The fourth-order valence-electron chi connectivity index (χ4n) is 17.5. The van der Waals surface area contributed by atoms with E-state index < -0.39 is 5.41 Å². The topological polar surface area (TPSA) is 9.72 Å². The average Bonchev–Trinajstić information content (AvgIpc) is 4.14. The van der Waals surface area contributed by atoms with Crippen LogP contribution in [0.15, 0.2) is 218 Å². The molecular weight excluding hydrogens is 954 g/mol. The van der Waals surface area contributed by atoms with Gasteiger partial charge in [0.15, 0.2) is 0 Å². The van der Waals surface area contributed by atoms with Gasteiger partial charge in [0, 0.05) is 61.7 Å². The normalized spacial score (nSPS) is 20.9. The lowest BCUT2D eigenvalue weighted by Crippen LogP contribution is -2.68. The van der Waals surface area contributed by atoms with Crippen LogP contribution in [0.25, 0.3) is 22.3 Å². The van der Waals surface area contributed by atoms with Gasteiger partial charge in [-0.3, -0.25) is 0 Å². The number of rotatable bonds is 5. The Bertz CT molecular complexity index is 4060. The van der Waals surface area contributed by atoms with Crippen LogP contribution < -0.4 is 31.1 Å². The number of fused-ring (bicyclic) bond motifs is 9. The van der Waals surface area contributed by atoms with Crippen molar-refractivity contribution in [3.05, 3.63) is 268 Å². The van der Waals surface area contributed by atoms with E-state index in [0.29, 0.717) is 0 Å². The van der Waals surface area contributed by atoms with Crippen LogP contribution in [-0.4, -0.2) is 12.3 Å². The van der Waals surface area contributed by atoms with E-state index in [1.807, 2.05) is 0 Å². The van der Waals surface area contributed by atoms with Gasteiger partial charge in [-0.1, -0.05) is 211 Å². The molecule has 79 heavy (non-hydrogen) atoms. The van der Waals surface area contributed by atoms with E-state index >= 15 is 0 Å². The maximum atomic E-state index is 2.81. The molecule has 3 aliphatic carbocycles. The van der Waals surface area contributed by atoms with Crippen LogP contribution in [0.5, 0.6) is 0 Å².